The molecule has 1 nitrogen and oxygen atoms in total. The van der Waals surface area contributed by atoms with Crippen LogP contribution in [0.15, 0.2) is 42.6 Å². The van der Waals surface area contributed by atoms with Gasteiger partial charge in [-0.1, -0.05) is 52.7 Å². The maximum Gasteiger partial charge on any atom is 0.0476 e. The number of nitrogens with zero attached hydrogens (tertiary/aromatic N) is 1. The zero-order valence-corrected chi connectivity index (χ0v) is 12.7. The summed E-state index contributed by atoms with van der Waals surface area (Å²) in [5.41, 5.74) is 3.37. The summed E-state index contributed by atoms with van der Waals surface area (Å²) in [5.74, 6) is 0.296. The second-order valence-electron chi connectivity index (χ2n) is 4.45. The lowest BCUT2D eigenvalue weighted by molar-refractivity contribution is 0.724. The van der Waals surface area contributed by atoms with Crippen molar-refractivity contribution in [3.05, 3.63) is 64.4 Å². The van der Waals surface area contributed by atoms with E-state index in [1.807, 2.05) is 31.3 Å². The summed E-state index contributed by atoms with van der Waals surface area (Å²) in [4.78, 5) is 4.62. The van der Waals surface area contributed by atoms with Crippen molar-refractivity contribution in [1.82, 2.24) is 4.98 Å². The van der Waals surface area contributed by atoms with E-state index in [0.717, 1.165) is 16.3 Å². The molecule has 0 aliphatic heterocycles. The van der Waals surface area contributed by atoms with Crippen molar-refractivity contribution < 1.29 is 0 Å². The predicted molar refractivity (Wildman–Crippen MR) is 80.5 cm³/mol. The Bertz CT molecular complexity index is 527. The van der Waals surface area contributed by atoms with Crippen LogP contribution in [0.2, 0.25) is 5.02 Å². The van der Waals surface area contributed by atoms with Crippen LogP contribution in [-0.2, 0) is 0 Å². The number of alkyl halides is 1. The van der Waals surface area contributed by atoms with Crippen LogP contribution in [0, 0.1) is 6.92 Å². The number of pyridine rings is 1. The van der Waals surface area contributed by atoms with Crippen LogP contribution < -0.4 is 0 Å². The summed E-state index contributed by atoms with van der Waals surface area (Å²) < 4.78 is 0. The molecule has 0 aliphatic rings. The first-order valence-corrected chi connectivity index (χ1v) is 7.20. The van der Waals surface area contributed by atoms with Gasteiger partial charge in [-0.2, -0.15) is 0 Å². The van der Waals surface area contributed by atoms with Crippen molar-refractivity contribution in [2.75, 3.05) is 0 Å². The second kappa shape index (κ2) is 5.85. The molecule has 2 unspecified atom stereocenters. The van der Waals surface area contributed by atoms with Crippen LogP contribution in [-0.4, -0.2) is 4.98 Å². The second-order valence-corrected chi connectivity index (χ2v) is 5.85. The molecule has 0 spiro atoms. The minimum Gasteiger partial charge on any atom is -0.261 e. The Balaban J connectivity index is 2.25. The van der Waals surface area contributed by atoms with Gasteiger partial charge in [-0.15, -0.1) is 0 Å². The van der Waals surface area contributed by atoms with Crippen LogP contribution >= 0.6 is 27.5 Å². The molecule has 2 aromatic rings. The molecule has 0 fully saturated rings. The molecule has 0 saturated heterocycles. The van der Waals surface area contributed by atoms with E-state index < -0.39 is 0 Å². The number of benzene rings is 1. The van der Waals surface area contributed by atoms with Gasteiger partial charge in [-0.05, 0) is 36.2 Å². The first-order valence-electron chi connectivity index (χ1n) is 5.90. The average molecular weight is 325 g/mol. The molecule has 1 aromatic carbocycles. The number of aryl methyl sites for hydroxylation is 1. The van der Waals surface area contributed by atoms with Crippen molar-refractivity contribution >= 4 is 27.5 Å². The first kappa shape index (κ1) is 13.6. The van der Waals surface area contributed by atoms with E-state index in [9.17, 15) is 0 Å². The number of hydrogen-bond acceptors (Lipinski definition) is 1. The SMILES string of the molecule is Cc1ccc(C(Br)C(C)c2ccccn2)cc1Cl. The minimum absolute atomic E-state index is 0.213. The van der Waals surface area contributed by atoms with Crippen LogP contribution in [0.4, 0.5) is 0 Å². The molecule has 0 bridgehead atoms. The van der Waals surface area contributed by atoms with E-state index in [2.05, 4.69) is 46.0 Å². The molecule has 0 radical (unpaired) electrons. The summed E-state index contributed by atoms with van der Waals surface area (Å²) >= 11 is 9.92. The van der Waals surface area contributed by atoms with Gasteiger partial charge in [0.25, 0.3) is 0 Å². The normalized spacial score (nSPS) is 14.2. The molecule has 3 heteroatoms. The smallest absolute Gasteiger partial charge is 0.0476 e. The molecular weight excluding hydrogens is 310 g/mol. The van der Waals surface area contributed by atoms with E-state index in [-0.39, 0.29) is 4.83 Å². The third-order valence-electron chi connectivity index (χ3n) is 3.11. The standard InChI is InChI=1S/C15H15BrClN/c1-10-6-7-12(9-13(10)17)15(16)11(2)14-5-3-4-8-18-14/h3-9,11,15H,1-2H3. The molecule has 0 aliphatic carbocycles. The van der Waals surface area contributed by atoms with Gasteiger partial charge in [0.15, 0.2) is 0 Å². The Labute approximate surface area is 121 Å². The number of aromatic nitrogens is 1. The average Bonchev–Trinajstić information content (AvgIpc) is 2.41. The zero-order valence-electron chi connectivity index (χ0n) is 10.4. The maximum atomic E-state index is 6.17. The highest BCUT2D eigenvalue weighted by atomic mass is 79.9. The van der Waals surface area contributed by atoms with Gasteiger partial charge >= 0.3 is 0 Å². The highest BCUT2D eigenvalue weighted by molar-refractivity contribution is 9.09. The fourth-order valence-corrected chi connectivity index (χ4v) is 2.61. The summed E-state index contributed by atoms with van der Waals surface area (Å²) in [5, 5.41) is 0.810. The Kier molecular flexibility index (Phi) is 4.41. The fraction of sp³-hybridized carbons (Fsp3) is 0.267. The Morgan fingerprint density at radius 1 is 1.22 bits per heavy atom. The summed E-state index contributed by atoms with van der Waals surface area (Å²) in [7, 11) is 0. The number of halogens is 2. The third-order valence-corrected chi connectivity index (χ3v) is 4.84. The van der Waals surface area contributed by atoms with E-state index in [4.69, 9.17) is 11.6 Å². The lowest BCUT2D eigenvalue weighted by Crippen LogP contribution is -2.04. The maximum absolute atomic E-state index is 6.17. The topological polar surface area (TPSA) is 12.9 Å². The van der Waals surface area contributed by atoms with Crippen molar-refractivity contribution in [3.63, 3.8) is 0 Å². The largest absolute Gasteiger partial charge is 0.261 e. The molecule has 1 aromatic heterocycles. The van der Waals surface area contributed by atoms with Crippen LogP contribution in [0.1, 0.15) is 34.5 Å². The molecule has 1 heterocycles. The van der Waals surface area contributed by atoms with Crippen molar-refractivity contribution in [3.8, 4) is 0 Å². The van der Waals surface area contributed by atoms with Gasteiger partial charge in [0.1, 0.15) is 0 Å². The Morgan fingerprint density at radius 2 is 2.00 bits per heavy atom. The Hall–Kier alpha value is -0.860. The van der Waals surface area contributed by atoms with E-state index in [1.165, 1.54) is 5.56 Å². The molecule has 2 rings (SSSR count). The molecule has 94 valence electrons. The fourth-order valence-electron chi connectivity index (χ4n) is 1.86. The number of hydrogen-bond donors (Lipinski definition) is 0. The summed E-state index contributed by atoms with van der Waals surface area (Å²) in [6.45, 7) is 4.17. The van der Waals surface area contributed by atoms with Crippen LogP contribution in [0.3, 0.4) is 0 Å². The first-order chi connectivity index (χ1) is 8.59. The molecule has 18 heavy (non-hydrogen) atoms. The predicted octanol–water partition coefficient (Wildman–Crippen LogP) is 5.28. The highest BCUT2D eigenvalue weighted by Crippen LogP contribution is 2.37. The lowest BCUT2D eigenvalue weighted by atomic mass is 9.97. The van der Waals surface area contributed by atoms with Crippen molar-refractivity contribution in [1.29, 1.82) is 0 Å². The van der Waals surface area contributed by atoms with Gasteiger partial charge < -0.3 is 0 Å². The molecule has 0 amide bonds. The van der Waals surface area contributed by atoms with Gasteiger partial charge in [0, 0.05) is 27.7 Å². The highest BCUT2D eigenvalue weighted by Gasteiger charge is 2.19. The van der Waals surface area contributed by atoms with Crippen LogP contribution in [0.5, 0.6) is 0 Å². The van der Waals surface area contributed by atoms with Gasteiger partial charge in [0.2, 0.25) is 0 Å². The van der Waals surface area contributed by atoms with Gasteiger partial charge in [-0.3, -0.25) is 4.98 Å². The van der Waals surface area contributed by atoms with E-state index in [0.29, 0.717) is 5.92 Å². The summed E-state index contributed by atoms with van der Waals surface area (Å²) in [6, 6.07) is 12.2. The van der Waals surface area contributed by atoms with Crippen LogP contribution in [0.25, 0.3) is 0 Å². The minimum atomic E-state index is 0.213. The van der Waals surface area contributed by atoms with Crippen molar-refractivity contribution in [2.24, 2.45) is 0 Å². The summed E-state index contributed by atoms with van der Waals surface area (Å²) in [6.07, 6.45) is 1.83. The number of rotatable bonds is 3. The lowest BCUT2D eigenvalue weighted by Gasteiger charge is -2.18. The quantitative estimate of drug-likeness (QED) is 0.700. The van der Waals surface area contributed by atoms with Crippen molar-refractivity contribution in [2.45, 2.75) is 24.6 Å². The Morgan fingerprint density at radius 3 is 2.61 bits per heavy atom. The molecular formula is C15H15BrClN. The van der Waals surface area contributed by atoms with E-state index in [1.54, 1.807) is 0 Å². The molecule has 0 N–H and O–H groups in total. The van der Waals surface area contributed by atoms with Gasteiger partial charge in [-0.25, -0.2) is 0 Å². The molecule has 0 saturated carbocycles. The molecule has 2 atom stereocenters. The zero-order chi connectivity index (χ0) is 13.1. The van der Waals surface area contributed by atoms with Gasteiger partial charge in [0.05, 0.1) is 0 Å². The van der Waals surface area contributed by atoms with E-state index >= 15 is 0 Å². The third kappa shape index (κ3) is 2.93. The monoisotopic (exact) mass is 323 g/mol.